The smallest absolute Gasteiger partial charge is 0.196 e. The SMILES string of the molecule is CC(C)c1nc(CN(C)Cc2cc(-c3ccccn3)no2)co1. The minimum Gasteiger partial charge on any atom is -0.448 e. The number of aromatic nitrogens is 3. The van der Waals surface area contributed by atoms with Crippen molar-refractivity contribution in [3.05, 3.63) is 54.1 Å². The van der Waals surface area contributed by atoms with Crippen molar-refractivity contribution < 1.29 is 8.94 Å². The summed E-state index contributed by atoms with van der Waals surface area (Å²) in [4.78, 5) is 10.9. The van der Waals surface area contributed by atoms with Crippen LogP contribution in [0.15, 0.2) is 45.7 Å². The van der Waals surface area contributed by atoms with Crippen molar-refractivity contribution in [2.24, 2.45) is 0 Å². The first-order chi connectivity index (χ1) is 11.1. The van der Waals surface area contributed by atoms with E-state index in [4.69, 9.17) is 8.94 Å². The standard InChI is InChI=1S/C17H20N4O2/c1-12(2)17-19-13(11-22-17)9-21(3)10-14-8-16(20-23-14)15-6-4-5-7-18-15/h4-8,11-12H,9-10H2,1-3H3. The van der Waals surface area contributed by atoms with Crippen LogP contribution in [-0.2, 0) is 13.1 Å². The summed E-state index contributed by atoms with van der Waals surface area (Å²) in [6, 6.07) is 7.64. The van der Waals surface area contributed by atoms with E-state index < -0.39 is 0 Å². The molecule has 6 nitrogen and oxygen atoms in total. The molecule has 3 aromatic heterocycles. The second kappa shape index (κ2) is 6.75. The van der Waals surface area contributed by atoms with Crippen LogP contribution in [0.2, 0.25) is 0 Å². The number of oxazole rings is 1. The summed E-state index contributed by atoms with van der Waals surface area (Å²) in [6.45, 7) is 5.46. The lowest BCUT2D eigenvalue weighted by Gasteiger charge is -2.12. The molecule has 0 radical (unpaired) electrons. The van der Waals surface area contributed by atoms with Gasteiger partial charge in [0.1, 0.15) is 12.0 Å². The number of hydrogen-bond donors (Lipinski definition) is 0. The fraction of sp³-hybridized carbons (Fsp3) is 0.353. The monoisotopic (exact) mass is 312 g/mol. The molecule has 0 amide bonds. The van der Waals surface area contributed by atoms with E-state index in [2.05, 4.69) is 33.9 Å². The molecule has 0 aliphatic rings. The minimum atomic E-state index is 0.296. The van der Waals surface area contributed by atoms with Crippen LogP contribution < -0.4 is 0 Å². The summed E-state index contributed by atoms with van der Waals surface area (Å²) in [5.74, 6) is 1.86. The molecule has 3 aromatic rings. The predicted octanol–water partition coefficient (Wildman–Crippen LogP) is 3.48. The molecule has 0 saturated carbocycles. The van der Waals surface area contributed by atoms with Crippen LogP contribution in [0.25, 0.3) is 11.4 Å². The molecular weight excluding hydrogens is 292 g/mol. The third-order valence-corrected chi connectivity index (χ3v) is 3.41. The molecule has 0 fully saturated rings. The fourth-order valence-electron chi connectivity index (χ4n) is 2.28. The first-order valence-electron chi connectivity index (χ1n) is 7.61. The third-order valence-electron chi connectivity index (χ3n) is 3.41. The predicted molar refractivity (Wildman–Crippen MR) is 85.5 cm³/mol. The first-order valence-corrected chi connectivity index (χ1v) is 7.61. The van der Waals surface area contributed by atoms with Crippen molar-refractivity contribution in [3.8, 4) is 11.4 Å². The van der Waals surface area contributed by atoms with Gasteiger partial charge in [0, 0.05) is 24.7 Å². The van der Waals surface area contributed by atoms with Gasteiger partial charge < -0.3 is 8.94 Å². The zero-order valence-electron chi connectivity index (χ0n) is 13.6. The van der Waals surface area contributed by atoms with E-state index in [9.17, 15) is 0 Å². The van der Waals surface area contributed by atoms with Gasteiger partial charge in [-0.1, -0.05) is 25.1 Å². The molecule has 3 heterocycles. The van der Waals surface area contributed by atoms with Crippen LogP contribution in [-0.4, -0.2) is 27.1 Å². The summed E-state index contributed by atoms with van der Waals surface area (Å²) >= 11 is 0. The van der Waals surface area contributed by atoms with Gasteiger partial charge >= 0.3 is 0 Å². The van der Waals surface area contributed by atoms with E-state index in [0.29, 0.717) is 19.0 Å². The van der Waals surface area contributed by atoms with Crippen molar-refractivity contribution in [1.29, 1.82) is 0 Å². The Morgan fingerprint density at radius 3 is 2.74 bits per heavy atom. The highest BCUT2D eigenvalue weighted by Gasteiger charge is 2.12. The van der Waals surface area contributed by atoms with Crippen molar-refractivity contribution in [3.63, 3.8) is 0 Å². The first kappa shape index (κ1) is 15.4. The number of rotatable bonds is 6. The van der Waals surface area contributed by atoms with Gasteiger partial charge in [-0.2, -0.15) is 0 Å². The molecule has 0 atom stereocenters. The Bertz CT molecular complexity index is 749. The zero-order valence-corrected chi connectivity index (χ0v) is 13.6. The fourth-order valence-corrected chi connectivity index (χ4v) is 2.28. The Morgan fingerprint density at radius 2 is 2.04 bits per heavy atom. The van der Waals surface area contributed by atoms with Crippen LogP contribution in [0.5, 0.6) is 0 Å². The maximum Gasteiger partial charge on any atom is 0.196 e. The number of pyridine rings is 1. The van der Waals surface area contributed by atoms with Crippen LogP contribution >= 0.6 is 0 Å². The van der Waals surface area contributed by atoms with Gasteiger partial charge in [-0.15, -0.1) is 0 Å². The molecule has 0 N–H and O–H groups in total. The summed E-state index contributed by atoms with van der Waals surface area (Å²) < 4.78 is 10.9. The van der Waals surface area contributed by atoms with Gasteiger partial charge in [-0.25, -0.2) is 4.98 Å². The van der Waals surface area contributed by atoms with Gasteiger partial charge in [0.05, 0.1) is 17.9 Å². The summed E-state index contributed by atoms with van der Waals surface area (Å²) in [6.07, 6.45) is 3.46. The summed E-state index contributed by atoms with van der Waals surface area (Å²) in [5, 5.41) is 4.08. The Kier molecular flexibility index (Phi) is 4.52. The molecule has 0 saturated heterocycles. The average Bonchev–Trinajstić information content (AvgIpc) is 3.18. The van der Waals surface area contributed by atoms with Gasteiger partial charge in [0.2, 0.25) is 0 Å². The Balaban J connectivity index is 1.61. The number of nitrogens with zero attached hydrogens (tertiary/aromatic N) is 4. The van der Waals surface area contributed by atoms with Gasteiger partial charge in [-0.05, 0) is 19.2 Å². The summed E-state index contributed by atoms with van der Waals surface area (Å²) in [5.41, 5.74) is 2.47. The minimum absolute atomic E-state index is 0.296. The molecule has 6 heteroatoms. The lowest BCUT2D eigenvalue weighted by molar-refractivity contribution is 0.264. The molecule has 0 spiro atoms. The normalized spacial score (nSPS) is 11.5. The zero-order chi connectivity index (χ0) is 16.2. The Labute approximate surface area is 135 Å². The highest BCUT2D eigenvalue weighted by Crippen LogP contribution is 2.18. The molecule has 0 aliphatic heterocycles. The lowest BCUT2D eigenvalue weighted by atomic mass is 10.2. The van der Waals surface area contributed by atoms with Crippen molar-refractivity contribution in [1.82, 2.24) is 20.0 Å². The quantitative estimate of drug-likeness (QED) is 0.694. The van der Waals surface area contributed by atoms with Crippen LogP contribution in [0, 0.1) is 0 Å². The average molecular weight is 312 g/mol. The van der Waals surface area contributed by atoms with E-state index >= 15 is 0 Å². The Hall–Kier alpha value is -2.47. The Morgan fingerprint density at radius 1 is 1.17 bits per heavy atom. The van der Waals surface area contributed by atoms with E-state index in [1.165, 1.54) is 0 Å². The maximum atomic E-state index is 5.46. The second-order valence-corrected chi connectivity index (χ2v) is 5.90. The van der Waals surface area contributed by atoms with Gasteiger partial charge in [-0.3, -0.25) is 9.88 Å². The third kappa shape index (κ3) is 3.84. The maximum absolute atomic E-state index is 5.46. The molecular formula is C17H20N4O2. The van der Waals surface area contributed by atoms with Crippen molar-refractivity contribution in [2.45, 2.75) is 32.9 Å². The van der Waals surface area contributed by atoms with Gasteiger partial charge in [0.15, 0.2) is 11.7 Å². The van der Waals surface area contributed by atoms with Crippen LogP contribution in [0.1, 0.15) is 37.1 Å². The highest BCUT2D eigenvalue weighted by atomic mass is 16.5. The van der Waals surface area contributed by atoms with Crippen molar-refractivity contribution in [2.75, 3.05) is 7.05 Å². The van der Waals surface area contributed by atoms with Gasteiger partial charge in [0.25, 0.3) is 0 Å². The summed E-state index contributed by atoms with van der Waals surface area (Å²) in [7, 11) is 2.01. The second-order valence-electron chi connectivity index (χ2n) is 5.90. The highest BCUT2D eigenvalue weighted by molar-refractivity contribution is 5.52. The van der Waals surface area contributed by atoms with Crippen LogP contribution in [0.3, 0.4) is 0 Å². The molecule has 120 valence electrons. The van der Waals surface area contributed by atoms with E-state index in [-0.39, 0.29) is 0 Å². The van der Waals surface area contributed by atoms with E-state index in [1.54, 1.807) is 12.5 Å². The lowest BCUT2D eigenvalue weighted by Crippen LogP contribution is -2.17. The number of hydrogen-bond acceptors (Lipinski definition) is 6. The molecule has 23 heavy (non-hydrogen) atoms. The van der Waals surface area contributed by atoms with Crippen LogP contribution in [0.4, 0.5) is 0 Å². The molecule has 0 bridgehead atoms. The van der Waals surface area contributed by atoms with Crippen molar-refractivity contribution >= 4 is 0 Å². The van der Waals surface area contributed by atoms with E-state index in [1.807, 2.05) is 31.3 Å². The molecule has 0 aromatic carbocycles. The van der Waals surface area contributed by atoms with E-state index in [0.717, 1.165) is 28.7 Å². The molecule has 3 rings (SSSR count). The molecule has 0 unspecified atom stereocenters. The topological polar surface area (TPSA) is 68.2 Å². The molecule has 0 aliphatic carbocycles. The largest absolute Gasteiger partial charge is 0.448 e.